The van der Waals surface area contributed by atoms with Crippen LogP contribution in [-0.4, -0.2) is 38.5 Å². The van der Waals surface area contributed by atoms with Gasteiger partial charge in [0, 0.05) is 13.0 Å². The molecule has 0 atom stereocenters. The molecule has 1 aromatic carbocycles. The molecule has 2 N–H and O–H groups in total. The van der Waals surface area contributed by atoms with E-state index in [9.17, 15) is 9.59 Å². The molecule has 7 nitrogen and oxygen atoms in total. The number of aryl methyl sites for hydroxylation is 1. The number of amides is 1. The molecule has 25 heavy (non-hydrogen) atoms. The highest BCUT2D eigenvalue weighted by Gasteiger charge is 2.16. The van der Waals surface area contributed by atoms with Gasteiger partial charge in [0.2, 0.25) is 0 Å². The Kier molecular flexibility index (Phi) is 6.68. The maximum atomic E-state index is 12.2. The van der Waals surface area contributed by atoms with Crippen molar-refractivity contribution in [1.82, 2.24) is 20.3 Å². The van der Waals surface area contributed by atoms with Crippen LogP contribution in [0.4, 0.5) is 0 Å². The molecule has 1 aromatic heterocycles. The third kappa shape index (κ3) is 5.41. The highest BCUT2D eigenvalue weighted by Crippen LogP contribution is 2.13. The number of carboxylic acids is 1. The molecule has 1 amide bonds. The Labute approximate surface area is 147 Å². The van der Waals surface area contributed by atoms with Crippen molar-refractivity contribution in [3.05, 3.63) is 41.2 Å². The fourth-order valence-electron chi connectivity index (χ4n) is 2.51. The highest BCUT2D eigenvalue weighted by atomic mass is 16.4. The largest absolute Gasteiger partial charge is 0.481 e. The van der Waals surface area contributed by atoms with Gasteiger partial charge in [0.1, 0.15) is 0 Å². The number of rotatable bonds is 9. The summed E-state index contributed by atoms with van der Waals surface area (Å²) in [6.45, 7) is 4.38. The average molecular weight is 344 g/mol. The van der Waals surface area contributed by atoms with E-state index >= 15 is 0 Å². The molecule has 0 fully saturated rings. The quantitative estimate of drug-likeness (QED) is 0.682. The van der Waals surface area contributed by atoms with Crippen molar-refractivity contribution in [2.45, 2.75) is 46.0 Å². The van der Waals surface area contributed by atoms with Crippen LogP contribution in [0.25, 0.3) is 5.69 Å². The first-order chi connectivity index (χ1) is 12.0. The Hall–Kier alpha value is -2.70. The van der Waals surface area contributed by atoms with Gasteiger partial charge in [-0.1, -0.05) is 35.8 Å². The third-order valence-electron chi connectivity index (χ3n) is 3.99. The van der Waals surface area contributed by atoms with Gasteiger partial charge in [0.05, 0.1) is 11.4 Å². The Morgan fingerprint density at radius 3 is 2.44 bits per heavy atom. The summed E-state index contributed by atoms with van der Waals surface area (Å²) >= 11 is 0. The lowest BCUT2D eigenvalue weighted by Crippen LogP contribution is -2.25. The molecule has 7 heteroatoms. The van der Waals surface area contributed by atoms with Gasteiger partial charge >= 0.3 is 5.97 Å². The van der Waals surface area contributed by atoms with Crippen LogP contribution >= 0.6 is 0 Å². The molecule has 0 aliphatic carbocycles. The van der Waals surface area contributed by atoms with Crippen molar-refractivity contribution in [3.8, 4) is 5.69 Å². The number of carbonyl (C=O) groups is 2. The number of benzene rings is 1. The number of aliphatic carboxylic acids is 1. The summed E-state index contributed by atoms with van der Waals surface area (Å²) in [5.41, 5.74) is 3.05. The van der Waals surface area contributed by atoms with Gasteiger partial charge in [-0.05, 0) is 38.8 Å². The zero-order valence-corrected chi connectivity index (χ0v) is 14.7. The van der Waals surface area contributed by atoms with Gasteiger partial charge in [0.25, 0.3) is 5.91 Å². The van der Waals surface area contributed by atoms with Crippen molar-refractivity contribution in [2.75, 3.05) is 6.54 Å². The molecule has 0 bridgehead atoms. The first-order valence-corrected chi connectivity index (χ1v) is 8.48. The van der Waals surface area contributed by atoms with Crippen molar-refractivity contribution >= 4 is 11.9 Å². The summed E-state index contributed by atoms with van der Waals surface area (Å²) in [6, 6.07) is 7.85. The number of nitrogens with one attached hydrogen (secondary N) is 1. The van der Waals surface area contributed by atoms with E-state index in [1.54, 1.807) is 4.68 Å². The third-order valence-corrected chi connectivity index (χ3v) is 3.99. The second-order valence-electron chi connectivity index (χ2n) is 6.08. The van der Waals surface area contributed by atoms with Gasteiger partial charge in [-0.2, -0.15) is 0 Å². The van der Waals surface area contributed by atoms with E-state index in [-0.39, 0.29) is 12.3 Å². The van der Waals surface area contributed by atoms with E-state index in [1.807, 2.05) is 38.1 Å². The number of aromatic nitrogens is 3. The SMILES string of the molecule is Cc1ccc(-n2nnc(C(=O)NCCCCCCC(=O)O)c2C)cc1. The number of hydrogen-bond acceptors (Lipinski definition) is 4. The smallest absolute Gasteiger partial charge is 0.303 e. The van der Waals surface area contributed by atoms with E-state index < -0.39 is 5.97 Å². The maximum Gasteiger partial charge on any atom is 0.303 e. The fraction of sp³-hybridized carbons (Fsp3) is 0.444. The predicted octanol–water partition coefficient (Wildman–Crippen LogP) is 2.65. The molecule has 0 spiro atoms. The van der Waals surface area contributed by atoms with E-state index in [1.165, 1.54) is 0 Å². The minimum atomic E-state index is -0.763. The number of carboxylic acid groups (broad SMARTS) is 1. The number of carbonyl (C=O) groups excluding carboxylic acids is 1. The van der Waals surface area contributed by atoms with Crippen molar-refractivity contribution in [1.29, 1.82) is 0 Å². The summed E-state index contributed by atoms with van der Waals surface area (Å²) in [4.78, 5) is 22.7. The minimum Gasteiger partial charge on any atom is -0.481 e. The summed E-state index contributed by atoms with van der Waals surface area (Å²) in [6.07, 6.45) is 3.44. The molecule has 1 heterocycles. The maximum absolute atomic E-state index is 12.2. The topological polar surface area (TPSA) is 97.1 Å². The Bertz CT molecular complexity index is 722. The van der Waals surface area contributed by atoms with Crippen LogP contribution < -0.4 is 5.32 Å². The number of hydrogen-bond donors (Lipinski definition) is 2. The van der Waals surface area contributed by atoms with E-state index in [4.69, 9.17) is 5.11 Å². The lowest BCUT2D eigenvalue weighted by atomic mass is 10.1. The number of nitrogens with zero attached hydrogens (tertiary/aromatic N) is 3. The Balaban J connectivity index is 1.82. The number of unbranched alkanes of at least 4 members (excludes halogenated alkanes) is 3. The molecular weight excluding hydrogens is 320 g/mol. The summed E-state index contributed by atoms with van der Waals surface area (Å²) in [5.74, 6) is -0.998. The van der Waals surface area contributed by atoms with Crippen LogP contribution in [0.1, 0.15) is 53.8 Å². The molecule has 0 saturated carbocycles. The van der Waals surface area contributed by atoms with Crippen molar-refractivity contribution in [2.24, 2.45) is 0 Å². The molecule has 2 aromatic rings. The molecule has 2 rings (SSSR count). The van der Waals surface area contributed by atoms with Crippen LogP contribution in [-0.2, 0) is 4.79 Å². The van der Waals surface area contributed by atoms with Gasteiger partial charge in [-0.15, -0.1) is 5.10 Å². The van der Waals surface area contributed by atoms with Crippen molar-refractivity contribution in [3.63, 3.8) is 0 Å². The van der Waals surface area contributed by atoms with Crippen LogP contribution in [0.15, 0.2) is 24.3 Å². The average Bonchev–Trinajstić information content (AvgIpc) is 2.96. The second kappa shape index (κ2) is 8.96. The van der Waals surface area contributed by atoms with Crippen LogP contribution in [0, 0.1) is 13.8 Å². The minimum absolute atomic E-state index is 0.202. The molecule has 0 saturated heterocycles. The first-order valence-electron chi connectivity index (χ1n) is 8.48. The van der Waals surface area contributed by atoms with Gasteiger partial charge in [-0.25, -0.2) is 4.68 Å². The van der Waals surface area contributed by atoms with Crippen LogP contribution in [0.2, 0.25) is 0 Å². The summed E-state index contributed by atoms with van der Waals surface area (Å²) in [5, 5.41) is 19.5. The second-order valence-corrected chi connectivity index (χ2v) is 6.08. The molecular formula is C18H24N4O3. The monoisotopic (exact) mass is 344 g/mol. The fourth-order valence-corrected chi connectivity index (χ4v) is 2.51. The highest BCUT2D eigenvalue weighted by molar-refractivity contribution is 5.93. The predicted molar refractivity (Wildman–Crippen MR) is 93.9 cm³/mol. The lowest BCUT2D eigenvalue weighted by molar-refractivity contribution is -0.137. The van der Waals surface area contributed by atoms with Crippen molar-refractivity contribution < 1.29 is 14.7 Å². The van der Waals surface area contributed by atoms with Gasteiger partial charge < -0.3 is 10.4 Å². The van der Waals surface area contributed by atoms with Gasteiger partial charge in [-0.3, -0.25) is 9.59 Å². The molecule has 0 radical (unpaired) electrons. The first kappa shape index (κ1) is 18.6. The normalized spacial score (nSPS) is 10.6. The molecule has 0 aliphatic heterocycles. The Morgan fingerprint density at radius 2 is 1.76 bits per heavy atom. The van der Waals surface area contributed by atoms with Crippen LogP contribution in [0.5, 0.6) is 0 Å². The van der Waals surface area contributed by atoms with Crippen LogP contribution in [0.3, 0.4) is 0 Å². The molecule has 0 unspecified atom stereocenters. The zero-order chi connectivity index (χ0) is 18.2. The van der Waals surface area contributed by atoms with E-state index in [0.717, 1.165) is 30.5 Å². The summed E-state index contributed by atoms with van der Waals surface area (Å²) in [7, 11) is 0. The molecule has 0 aliphatic rings. The zero-order valence-electron chi connectivity index (χ0n) is 14.7. The molecule has 134 valence electrons. The van der Waals surface area contributed by atoms with Gasteiger partial charge in [0.15, 0.2) is 5.69 Å². The van der Waals surface area contributed by atoms with E-state index in [2.05, 4.69) is 15.6 Å². The lowest BCUT2D eigenvalue weighted by Gasteiger charge is -2.05. The standard InChI is InChI=1S/C18H24N4O3/c1-13-8-10-15(11-9-13)22-14(2)17(20-21-22)18(25)19-12-6-4-3-5-7-16(23)24/h8-11H,3-7,12H2,1-2H3,(H,19,25)(H,23,24). The summed E-state index contributed by atoms with van der Waals surface area (Å²) < 4.78 is 1.65. The Morgan fingerprint density at radius 1 is 1.08 bits per heavy atom. The van der Waals surface area contributed by atoms with E-state index in [0.29, 0.717) is 24.4 Å².